The summed E-state index contributed by atoms with van der Waals surface area (Å²) in [4.78, 5) is 28.8. The van der Waals surface area contributed by atoms with Crippen LogP contribution >= 0.6 is 0 Å². The van der Waals surface area contributed by atoms with Crippen molar-refractivity contribution < 1.29 is 9.59 Å². The SMILES string of the molecule is CCC(C)(C)CN(C)C(=O)c1cccc(C(=O)N(C)CC(C)(C)C)c1. The van der Waals surface area contributed by atoms with Gasteiger partial charge in [-0.25, -0.2) is 0 Å². The van der Waals surface area contributed by atoms with Crippen LogP contribution in [0.4, 0.5) is 0 Å². The van der Waals surface area contributed by atoms with Crippen molar-refractivity contribution in [1.82, 2.24) is 9.80 Å². The molecule has 1 rings (SSSR count). The van der Waals surface area contributed by atoms with Gasteiger partial charge in [0.1, 0.15) is 0 Å². The highest BCUT2D eigenvalue weighted by atomic mass is 16.2. The molecule has 0 aliphatic heterocycles. The summed E-state index contributed by atoms with van der Waals surface area (Å²) in [6, 6.07) is 7.04. The second kappa shape index (κ2) is 8.03. The fraction of sp³-hybridized carbons (Fsp3) is 0.619. The molecule has 140 valence electrons. The Balaban J connectivity index is 2.93. The molecule has 1 aromatic carbocycles. The van der Waals surface area contributed by atoms with E-state index in [9.17, 15) is 9.59 Å². The molecule has 0 saturated heterocycles. The molecule has 0 N–H and O–H groups in total. The Kier molecular flexibility index (Phi) is 6.81. The average Bonchev–Trinajstić information content (AvgIpc) is 2.51. The van der Waals surface area contributed by atoms with Crippen LogP contribution in [-0.2, 0) is 0 Å². The minimum atomic E-state index is -0.0545. The lowest BCUT2D eigenvalue weighted by atomic mass is 9.89. The van der Waals surface area contributed by atoms with Crippen molar-refractivity contribution in [2.45, 2.75) is 48.0 Å². The predicted octanol–water partition coefficient (Wildman–Crippen LogP) is 4.31. The molecule has 4 nitrogen and oxygen atoms in total. The normalized spacial score (nSPS) is 12.0. The first-order chi connectivity index (χ1) is 11.4. The maximum absolute atomic E-state index is 12.7. The maximum atomic E-state index is 12.7. The summed E-state index contributed by atoms with van der Waals surface area (Å²) in [5.74, 6) is -0.101. The number of benzene rings is 1. The minimum Gasteiger partial charge on any atom is -0.341 e. The molecule has 1 aromatic rings. The highest BCUT2D eigenvalue weighted by molar-refractivity contribution is 5.99. The van der Waals surface area contributed by atoms with E-state index in [1.165, 1.54) is 0 Å². The first-order valence-electron chi connectivity index (χ1n) is 8.97. The van der Waals surface area contributed by atoms with Crippen molar-refractivity contribution in [3.63, 3.8) is 0 Å². The molecule has 0 bridgehead atoms. The molecule has 0 aliphatic carbocycles. The molecule has 0 fully saturated rings. The van der Waals surface area contributed by atoms with Crippen LogP contribution in [0, 0.1) is 10.8 Å². The zero-order chi connectivity index (χ0) is 19.4. The molecule has 0 radical (unpaired) electrons. The molecular weight excluding hydrogens is 312 g/mol. The number of rotatable bonds is 6. The van der Waals surface area contributed by atoms with E-state index in [4.69, 9.17) is 0 Å². The smallest absolute Gasteiger partial charge is 0.253 e. The van der Waals surface area contributed by atoms with Crippen LogP contribution in [0.1, 0.15) is 68.7 Å². The molecule has 0 aliphatic rings. The minimum absolute atomic E-state index is 0.0315. The Hall–Kier alpha value is -1.84. The molecule has 0 saturated carbocycles. The molecule has 2 amide bonds. The van der Waals surface area contributed by atoms with Crippen LogP contribution < -0.4 is 0 Å². The fourth-order valence-electron chi connectivity index (χ4n) is 2.83. The first kappa shape index (κ1) is 21.2. The van der Waals surface area contributed by atoms with Gasteiger partial charge in [0.2, 0.25) is 0 Å². The van der Waals surface area contributed by atoms with Crippen molar-refractivity contribution in [1.29, 1.82) is 0 Å². The van der Waals surface area contributed by atoms with Crippen LogP contribution in [0.2, 0.25) is 0 Å². The van der Waals surface area contributed by atoms with E-state index < -0.39 is 0 Å². The number of carbonyl (C=O) groups excluding carboxylic acids is 2. The number of hydrogen-bond donors (Lipinski definition) is 0. The Morgan fingerprint density at radius 1 is 0.880 bits per heavy atom. The zero-order valence-electron chi connectivity index (χ0n) is 17.1. The molecule has 0 spiro atoms. The van der Waals surface area contributed by atoms with Gasteiger partial charge in [-0.1, -0.05) is 47.6 Å². The summed E-state index contributed by atoms with van der Waals surface area (Å²) >= 11 is 0. The highest BCUT2D eigenvalue weighted by Gasteiger charge is 2.23. The van der Waals surface area contributed by atoms with Gasteiger partial charge in [0, 0.05) is 38.3 Å². The van der Waals surface area contributed by atoms with Crippen LogP contribution in [-0.4, -0.2) is 48.8 Å². The molecule has 4 heteroatoms. The summed E-state index contributed by atoms with van der Waals surface area (Å²) in [6.45, 7) is 14.1. The van der Waals surface area contributed by atoms with E-state index in [0.29, 0.717) is 24.2 Å². The number of carbonyl (C=O) groups is 2. The third-order valence-electron chi connectivity index (χ3n) is 4.38. The van der Waals surface area contributed by atoms with Crippen molar-refractivity contribution in [2.75, 3.05) is 27.2 Å². The van der Waals surface area contributed by atoms with Gasteiger partial charge in [0.25, 0.3) is 11.8 Å². The van der Waals surface area contributed by atoms with Gasteiger partial charge in [0.15, 0.2) is 0 Å². The van der Waals surface area contributed by atoms with Crippen molar-refractivity contribution in [2.24, 2.45) is 10.8 Å². The Labute approximate surface area is 153 Å². The molecule has 25 heavy (non-hydrogen) atoms. The quantitative estimate of drug-likeness (QED) is 0.770. The standard InChI is InChI=1S/C21H34N2O2/c1-9-21(5,6)15-23(8)19(25)17-12-10-11-16(13-17)18(24)22(7)14-20(2,3)4/h10-13H,9,14-15H2,1-8H3. The number of amides is 2. The lowest BCUT2D eigenvalue weighted by Crippen LogP contribution is -2.36. The van der Waals surface area contributed by atoms with Gasteiger partial charge in [-0.05, 0) is 35.4 Å². The molecule has 0 aromatic heterocycles. The van der Waals surface area contributed by atoms with Gasteiger partial charge in [-0.2, -0.15) is 0 Å². The first-order valence-corrected chi connectivity index (χ1v) is 8.97. The van der Waals surface area contributed by atoms with Gasteiger partial charge < -0.3 is 9.80 Å². The number of hydrogen-bond acceptors (Lipinski definition) is 2. The molecular formula is C21H34N2O2. The molecule has 0 unspecified atom stereocenters. The van der Waals surface area contributed by atoms with E-state index in [1.807, 2.05) is 7.05 Å². The number of nitrogens with zero attached hydrogens (tertiary/aromatic N) is 2. The lowest BCUT2D eigenvalue weighted by Gasteiger charge is -2.29. The molecule has 0 heterocycles. The Morgan fingerprint density at radius 3 is 1.72 bits per heavy atom. The van der Waals surface area contributed by atoms with Gasteiger partial charge in [-0.15, -0.1) is 0 Å². The van der Waals surface area contributed by atoms with Gasteiger partial charge in [0.05, 0.1) is 0 Å². The lowest BCUT2D eigenvalue weighted by molar-refractivity contribution is 0.0732. The summed E-state index contributed by atoms with van der Waals surface area (Å²) in [5.41, 5.74) is 1.22. The van der Waals surface area contributed by atoms with E-state index in [-0.39, 0.29) is 22.6 Å². The predicted molar refractivity (Wildman–Crippen MR) is 104 cm³/mol. The Morgan fingerprint density at radius 2 is 1.32 bits per heavy atom. The van der Waals surface area contributed by atoms with Crippen LogP contribution in [0.15, 0.2) is 24.3 Å². The van der Waals surface area contributed by atoms with E-state index in [1.54, 1.807) is 41.1 Å². The second-order valence-corrected chi connectivity index (χ2v) is 8.98. The molecule has 0 atom stereocenters. The third kappa shape index (κ3) is 6.52. The van der Waals surface area contributed by atoms with Crippen LogP contribution in [0.25, 0.3) is 0 Å². The fourth-order valence-corrected chi connectivity index (χ4v) is 2.83. The summed E-state index contributed by atoms with van der Waals surface area (Å²) in [7, 11) is 3.62. The van der Waals surface area contributed by atoms with Crippen LogP contribution in [0.5, 0.6) is 0 Å². The van der Waals surface area contributed by atoms with Gasteiger partial charge >= 0.3 is 0 Å². The summed E-state index contributed by atoms with van der Waals surface area (Å²) < 4.78 is 0. The monoisotopic (exact) mass is 346 g/mol. The summed E-state index contributed by atoms with van der Waals surface area (Å²) in [6.07, 6.45) is 1.00. The average molecular weight is 347 g/mol. The topological polar surface area (TPSA) is 40.6 Å². The highest BCUT2D eigenvalue weighted by Crippen LogP contribution is 2.22. The van der Waals surface area contributed by atoms with Gasteiger partial charge in [-0.3, -0.25) is 9.59 Å². The van der Waals surface area contributed by atoms with Crippen molar-refractivity contribution in [3.8, 4) is 0 Å². The second-order valence-electron chi connectivity index (χ2n) is 8.98. The summed E-state index contributed by atoms with van der Waals surface area (Å²) in [5, 5.41) is 0. The Bertz CT molecular complexity index is 615. The van der Waals surface area contributed by atoms with E-state index in [2.05, 4.69) is 41.5 Å². The van der Waals surface area contributed by atoms with E-state index in [0.717, 1.165) is 6.42 Å². The van der Waals surface area contributed by atoms with Crippen LogP contribution in [0.3, 0.4) is 0 Å². The largest absolute Gasteiger partial charge is 0.341 e. The third-order valence-corrected chi connectivity index (χ3v) is 4.38. The van der Waals surface area contributed by atoms with Crippen molar-refractivity contribution in [3.05, 3.63) is 35.4 Å². The van der Waals surface area contributed by atoms with Crippen molar-refractivity contribution >= 4 is 11.8 Å². The van der Waals surface area contributed by atoms with E-state index >= 15 is 0 Å². The maximum Gasteiger partial charge on any atom is 0.253 e. The zero-order valence-corrected chi connectivity index (χ0v) is 17.1.